The predicted molar refractivity (Wildman–Crippen MR) is 65.9 cm³/mol. The van der Waals surface area contributed by atoms with Crippen LogP contribution in [0.4, 0.5) is 0 Å². The molecule has 1 unspecified atom stereocenters. The Kier molecular flexibility index (Phi) is 5.28. The van der Waals surface area contributed by atoms with E-state index in [1.165, 1.54) is 11.3 Å². The van der Waals surface area contributed by atoms with Crippen LogP contribution >= 0.6 is 27.3 Å². The summed E-state index contributed by atoms with van der Waals surface area (Å²) >= 11 is 4.98. The number of ether oxygens (including phenoxy) is 1. The Labute approximate surface area is 102 Å². The van der Waals surface area contributed by atoms with E-state index in [4.69, 9.17) is 4.74 Å². The molecule has 3 nitrogen and oxygen atoms in total. The van der Waals surface area contributed by atoms with Crippen LogP contribution in [0.3, 0.4) is 0 Å². The second-order valence-electron chi connectivity index (χ2n) is 3.25. The molecule has 0 aliphatic rings. The van der Waals surface area contributed by atoms with E-state index in [0.29, 0.717) is 13.2 Å². The molecule has 1 aromatic rings. The molecule has 1 heterocycles. The highest BCUT2D eigenvalue weighted by atomic mass is 79.9. The zero-order valence-corrected chi connectivity index (χ0v) is 11.2. The van der Waals surface area contributed by atoms with Gasteiger partial charge in [-0.15, -0.1) is 0 Å². The molecule has 1 atom stereocenters. The number of halogens is 1. The lowest BCUT2D eigenvalue weighted by Crippen LogP contribution is -2.33. The number of alkyl halides is 1. The van der Waals surface area contributed by atoms with Crippen molar-refractivity contribution in [1.29, 1.82) is 0 Å². The van der Waals surface area contributed by atoms with Crippen molar-refractivity contribution in [2.24, 2.45) is 0 Å². The van der Waals surface area contributed by atoms with E-state index in [-0.39, 0.29) is 10.7 Å². The first-order valence-electron chi connectivity index (χ1n) is 4.55. The standard InChI is InChI=1S/C10H14BrNO2S/c1-12(5-9(11)6-14-2)10(13)8-3-4-15-7-8/h3-4,7,9H,5-6H2,1-2H3. The van der Waals surface area contributed by atoms with E-state index < -0.39 is 0 Å². The lowest BCUT2D eigenvalue weighted by Gasteiger charge is -2.19. The highest BCUT2D eigenvalue weighted by Crippen LogP contribution is 2.10. The summed E-state index contributed by atoms with van der Waals surface area (Å²) in [7, 11) is 3.44. The van der Waals surface area contributed by atoms with Gasteiger partial charge in [-0.1, -0.05) is 15.9 Å². The molecule has 15 heavy (non-hydrogen) atoms. The molecular weight excluding hydrogens is 278 g/mol. The van der Waals surface area contributed by atoms with Crippen LogP contribution < -0.4 is 0 Å². The summed E-state index contributed by atoms with van der Waals surface area (Å²) in [6, 6.07) is 1.84. The van der Waals surface area contributed by atoms with E-state index in [1.807, 2.05) is 16.8 Å². The number of methoxy groups -OCH3 is 1. The van der Waals surface area contributed by atoms with Gasteiger partial charge in [-0.05, 0) is 11.4 Å². The van der Waals surface area contributed by atoms with Crippen LogP contribution in [0.1, 0.15) is 10.4 Å². The summed E-state index contributed by atoms with van der Waals surface area (Å²) in [6.45, 7) is 1.24. The summed E-state index contributed by atoms with van der Waals surface area (Å²) < 4.78 is 4.99. The normalized spacial score (nSPS) is 12.5. The van der Waals surface area contributed by atoms with Crippen molar-refractivity contribution in [3.05, 3.63) is 22.4 Å². The first kappa shape index (κ1) is 12.7. The first-order chi connectivity index (χ1) is 7.15. The van der Waals surface area contributed by atoms with E-state index in [2.05, 4.69) is 15.9 Å². The number of carbonyl (C=O) groups excluding carboxylic acids is 1. The second kappa shape index (κ2) is 6.25. The molecule has 0 N–H and O–H groups in total. The molecule has 1 amide bonds. The quantitative estimate of drug-likeness (QED) is 0.779. The second-order valence-corrected chi connectivity index (χ2v) is 5.33. The van der Waals surface area contributed by atoms with Crippen molar-refractivity contribution in [3.63, 3.8) is 0 Å². The summed E-state index contributed by atoms with van der Waals surface area (Å²) in [6.07, 6.45) is 0. The summed E-state index contributed by atoms with van der Waals surface area (Å²) in [5, 5.41) is 3.76. The van der Waals surface area contributed by atoms with Crippen LogP contribution in [-0.4, -0.2) is 42.9 Å². The topological polar surface area (TPSA) is 29.5 Å². The zero-order chi connectivity index (χ0) is 11.3. The largest absolute Gasteiger partial charge is 0.383 e. The van der Waals surface area contributed by atoms with Gasteiger partial charge < -0.3 is 9.64 Å². The highest BCUT2D eigenvalue weighted by Gasteiger charge is 2.15. The van der Waals surface area contributed by atoms with Crippen LogP contribution in [0.25, 0.3) is 0 Å². The SMILES string of the molecule is COCC(Br)CN(C)C(=O)c1ccsc1. The molecule has 0 aromatic carbocycles. The Hall–Kier alpha value is -0.390. The summed E-state index contributed by atoms with van der Waals surface area (Å²) in [4.78, 5) is 13.7. The van der Waals surface area contributed by atoms with Crippen molar-refractivity contribution >= 4 is 33.2 Å². The summed E-state index contributed by atoms with van der Waals surface area (Å²) in [5.41, 5.74) is 0.750. The zero-order valence-electron chi connectivity index (χ0n) is 8.77. The Morgan fingerprint density at radius 1 is 1.73 bits per heavy atom. The molecule has 1 aromatic heterocycles. The van der Waals surface area contributed by atoms with Crippen molar-refractivity contribution in [1.82, 2.24) is 4.90 Å². The third-order valence-corrected chi connectivity index (χ3v) is 3.17. The van der Waals surface area contributed by atoms with Crippen molar-refractivity contribution in [3.8, 4) is 0 Å². The Morgan fingerprint density at radius 2 is 2.47 bits per heavy atom. The van der Waals surface area contributed by atoms with Crippen molar-refractivity contribution in [2.75, 3.05) is 27.3 Å². The lowest BCUT2D eigenvalue weighted by molar-refractivity contribution is 0.0784. The molecule has 0 spiro atoms. The van der Waals surface area contributed by atoms with Crippen LogP contribution in [0.5, 0.6) is 0 Å². The van der Waals surface area contributed by atoms with Crippen molar-refractivity contribution < 1.29 is 9.53 Å². The van der Waals surface area contributed by atoms with Crippen molar-refractivity contribution in [2.45, 2.75) is 4.83 Å². The van der Waals surface area contributed by atoms with E-state index in [0.717, 1.165) is 5.56 Å². The number of nitrogens with zero attached hydrogens (tertiary/aromatic N) is 1. The van der Waals surface area contributed by atoms with Gasteiger partial charge in [-0.3, -0.25) is 4.79 Å². The minimum Gasteiger partial charge on any atom is -0.383 e. The van der Waals surface area contributed by atoms with Gasteiger partial charge in [-0.25, -0.2) is 0 Å². The molecule has 0 saturated heterocycles. The molecule has 0 aliphatic carbocycles. The lowest BCUT2D eigenvalue weighted by atomic mass is 10.3. The molecule has 0 radical (unpaired) electrons. The van der Waals surface area contributed by atoms with Gasteiger partial charge in [0.25, 0.3) is 5.91 Å². The third-order valence-electron chi connectivity index (χ3n) is 1.93. The van der Waals surface area contributed by atoms with Gasteiger partial charge in [0.1, 0.15) is 0 Å². The van der Waals surface area contributed by atoms with Gasteiger partial charge >= 0.3 is 0 Å². The maximum absolute atomic E-state index is 11.8. The molecule has 0 saturated carbocycles. The van der Waals surface area contributed by atoms with Gasteiger partial charge in [0, 0.05) is 26.1 Å². The maximum atomic E-state index is 11.8. The van der Waals surface area contributed by atoms with Crippen LogP contribution in [0.2, 0.25) is 0 Å². The van der Waals surface area contributed by atoms with Gasteiger partial charge in [0.2, 0.25) is 0 Å². The van der Waals surface area contributed by atoms with Gasteiger partial charge in [0.05, 0.1) is 17.0 Å². The number of amides is 1. The average Bonchev–Trinajstić information content (AvgIpc) is 2.69. The Morgan fingerprint density at radius 3 is 3.00 bits per heavy atom. The molecule has 0 fully saturated rings. The third kappa shape index (κ3) is 3.93. The molecule has 1 rings (SSSR count). The molecular formula is C10H14BrNO2S. The van der Waals surface area contributed by atoms with Crippen LogP contribution in [-0.2, 0) is 4.74 Å². The Bertz CT molecular complexity index is 302. The number of thiophene rings is 1. The number of hydrogen-bond acceptors (Lipinski definition) is 3. The molecule has 84 valence electrons. The number of rotatable bonds is 5. The first-order valence-corrected chi connectivity index (χ1v) is 6.41. The maximum Gasteiger partial charge on any atom is 0.254 e. The predicted octanol–water partition coefficient (Wildman–Crippen LogP) is 2.23. The smallest absolute Gasteiger partial charge is 0.254 e. The van der Waals surface area contributed by atoms with Gasteiger partial charge in [0.15, 0.2) is 0 Å². The van der Waals surface area contributed by atoms with E-state index in [1.54, 1.807) is 19.1 Å². The highest BCUT2D eigenvalue weighted by molar-refractivity contribution is 9.09. The summed E-state index contributed by atoms with van der Waals surface area (Å²) in [5.74, 6) is 0.0526. The average molecular weight is 292 g/mol. The van der Waals surface area contributed by atoms with E-state index in [9.17, 15) is 4.79 Å². The van der Waals surface area contributed by atoms with Gasteiger partial charge in [-0.2, -0.15) is 11.3 Å². The molecule has 0 bridgehead atoms. The minimum absolute atomic E-state index is 0.0526. The van der Waals surface area contributed by atoms with Crippen LogP contribution in [0.15, 0.2) is 16.8 Å². The number of hydrogen-bond donors (Lipinski definition) is 0. The fourth-order valence-electron chi connectivity index (χ4n) is 1.22. The molecule has 0 aliphatic heterocycles. The van der Waals surface area contributed by atoms with Crippen LogP contribution in [0, 0.1) is 0 Å². The molecule has 5 heteroatoms. The van der Waals surface area contributed by atoms with E-state index >= 15 is 0 Å². The fourth-order valence-corrected chi connectivity index (χ4v) is 2.55. The fraction of sp³-hybridized carbons (Fsp3) is 0.500. The monoisotopic (exact) mass is 291 g/mol. The number of carbonyl (C=O) groups is 1. The minimum atomic E-state index is 0.0526. The Balaban J connectivity index is 2.47.